The number of carbonyl (C=O) groups excluding carboxylic acids is 1. The van der Waals surface area contributed by atoms with Crippen molar-refractivity contribution in [2.45, 2.75) is 12.5 Å². The van der Waals surface area contributed by atoms with Gasteiger partial charge in [0, 0.05) is 11.6 Å². The Labute approximate surface area is 157 Å². The predicted octanol–water partition coefficient (Wildman–Crippen LogP) is 2.80. The summed E-state index contributed by atoms with van der Waals surface area (Å²) in [6, 6.07) is 10.5. The molecule has 2 aromatic carbocycles. The number of aliphatic carboxylic acids is 1. The van der Waals surface area contributed by atoms with Crippen molar-refractivity contribution in [1.29, 1.82) is 0 Å². The summed E-state index contributed by atoms with van der Waals surface area (Å²) >= 11 is 0. The smallest absolute Gasteiger partial charge is 0.305 e. The highest BCUT2D eigenvalue weighted by Gasteiger charge is 2.23. The number of carboxylic acids is 1. The number of carboxylic acid groups (broad SMARTS) is 1. The van der Waals surface area contributed by atoms with E-state index in [4.69, 9.17) is 5.11 Å². The lowest BCUT2D eigenvalue weighted by atomic mass is 10.0. The summed E-state index contributed by atoms with van der Waals surface area (Å²) in [5.74, 6) is -3.54. The first-order chi connectivity index (χ1) is 13.3. The third-order valence-corrected chi connectivity index (χ3v) is 3.96. The van der Waals surface area contributed by atoms with Gasteiger partial charge in [-0.1, -0.05) is 18.2 Å². The summed E-state index contributed by atoms with van der Waals surface area (Å²) in [6.45, 7) is 0. The van der Waals surface area contributed by atoms with Crippen LogP contribution in [-0.4, -0.2) is 31.9 Å². The van der Waals surface area contributed by atoms with Crippen LogP contribution in [0.5, 0.6) is 5.88 Å². The Balaban J connectivity index is 1.86. The second kappa shape index (κ2) is 7.87. The predicted molar refractivity (Wildman–Crippen MR) is 94.0 cm³/mol. The fourth-order valence-corrected chi connectivity index (χ4v) is 2.66. The lowest BCUT2D eigenvalue weighted by Gasteiger charge is -2.17. The first kappa shape index (κ1) is 19.0. The minimum absolute atomic E-state index is 0.0143. The molecule has 1 atom stereocenters. The molecule has 0 fully saturated rings. The second-order valence-electron chi connectivity index (χ2n) is 5.92. The first-order valence-corrected chi connectivity index (χ1v) is 8.17. The van der Waals surface area contributed by atoms with Crippen LogP contribution >= 0.6 is 0 Å². The summed E-state index contributed by atoms with van der Waals surface area (Å²) < 4.78 is 28.1. The fraction of sp³-hybridized carbons (Fsp3) is 0.105. The molecule has 1 aromatic heterocycles. The molecule has 1 heterocycles. The van der Waals surface area contributed by atoms with Crippen LogP contribution in [0.4, 0.5) is 8.78 Å². The third-order valence-electron chi connectivity index (χ3n) is 3.96. The lowest BCUT2D eigenvalue weighted by Crippen LogP contribution is -2.31. The Morgan fingerprint density at radius 3 is 2.43 bits per heavy atom. The van der Waals surface area contributed by atoms with Gasteiger partial charge in [-0.3, -0.25) is 9.59 Å². The molecule has 0 aliphatic heterocycles. The van der Waals surface area contributed by atoms with E-state index in [0.29, 0.717) is 5.69 Å². The Hall–Kier alpha value is -3.75. The van der Waals surface area contributed by atoms with Gasteiger partial charge in [0.2, 0.25) is 5.88 Å². The number of aromatic nitrogens is 2. The zero-order valence-corrected chi connectivity index (χ0v) is 14.3. The van der Waals surface area contributed by atoms with Gasteiger partial charge in [-0.2, -0.15) is 5.10 Å². The van der Waals surface area contributed by atoms with E-state index in [1.165, 1.54) is 30.3 Å². The average molecular weight is 387 g/mol. The van der Waals surface area contributed by atoms with Gasteiger partial charge in [-0.05, 0) is 30.3 Å². The van der Waals surface area contributed by atoms with Gasteiger partial charge >= 0.3 is 5.97 Å². The van der Waals surface area contributed by atoms with E-state index in [2.05, 4.69) is 10.4 Å². The largest absolute Gasteiger partial charge is 0.493 e. The molecule has 3 N–H and O–H groups in total. The maximum Gasteiger partial charge on any atom is 0.305 e. The van der Waals surface area contributed by atoms with Crippen LogP contribution in [0.3, 0.4) is 0 Å². The van der Waals surface area contributed by atoms with E-state index in [1.54, 1.807) is 0 Å². The number of hydrogen-bond donors (Lipinski definition) is 3. The van der Waals surface area contributed by atoms with Crippen LogP contribution in [0.15, 0.2) is 54.6 Å². The Morgan fingerprint density at radius 1 is 1.11 bits per heavy atom. The van der Waals surface area contributed by atoms with Crippen LogP contribution in [0, 0.1) is 11.6 Å². The minimum atomic E-state index is -1.23. The van der Waals surface area contributed by atoms with Crippen LogP contribution in [0.2, 0.25) is 0 Å². The molecule has 3 aromatic rings. The number of carbonyl (C=O) groups is 2. The fourth-order valence-electron chi connectivity index (χ4n) is 2.66. The summed E-state index contributed by atoms with van der Waals surface area (Å²) in [6.07, 6.45) is -0.544. The number of nitrogens with zero attached hydrogens (tertiary/aromatic N) is 2. The van der Waals surface area contributed by atoms with Crippen LogP contribution < -0.4 is 5.32 Å². The summed E-state index contributed by atoms with van der Waals surface area (Å²) in [7, 11) is 0. The number of rotatable bonds is 6. The number of halogens is 2. The first-order valence-electron chi connectivity index (χ1n) is 8.17. The molecule has 0 bridgehead atoms. The van der Waals surface area contributed by atoms with Crippen molar-refractivity contribution in [3.8, 4) is 11.6 Å². The summed E-state index contributed by atoms with van der Waals surface area (Å²) in [5.41, 5.74) is 0.114. The Morgan fingerprint density at radius 2 is 1.79 bits per heavy atom. The number of benzene rings is 2. The van der Waals surface area contributed by atoms with Crippen molar-refractivity contribution in [1.82, 2.24) is 15.1 Å². The van der Waals surface area contributed by atoms with Gasteiger partial charge in [0.15, 0.2) is 5.69 Å². The Bertz CT molecular complexity index is 1020. The molecule has 0 aliphatic carbocycles. The van der Waals surface area contributed by atoms with E-state index in [-0.39, 0.29) is 17.1 Å². The summed E-state index contributed by atoms with van der Waals surface area (Å²) in [4.78, 5) is 23.6. The number of hydrogen-bond acceptors (Lipinski definition) is 4. The van der Waals surface area contributed by atoms with E-state index in [9.17, 15) is 23.5 Å². The van der Waals surface area contributed by atoms with Crippen LogP contribution in [0.1, 0.15) is 28.5 Å². The van der Waals surface area contributed by atoms with Gasteiger partial charge in [-0.25, -0.2) is 13.5 Å². The molecule has 0 saturated heterocycles. The Kier molecular flexibility index (Phi) is 5.35. The molecule has 0 spiro atoms. The van der Waals surface area contributed by atoms with Crippen molar-refractivity contribution in [3.63, 3.8) is 0 Å². The monoisotopic (exact) mass is 387 g/mol. The normalized spacial score (nSPS) is 11.8. The molecule has 7 nitrogen and oxygen atoms in total. The van der Waals surface area contributed by atoms with Crippen molar-refractivity contribution in [2.75, 3.05) is 0 Å². The minimum Gasteiger partial charge on any atom is -0.493 e. The van der Waals surface area contributed by atoms with Crippen molar-refractivity contribution in [2.24, 2.45) is 0 Å². The van der Waals surface area contributed by atoms with Gasteiger partial charge in [0.25, 0.3) is 5.91 Å². The van der Waals surface area contributed by atoms with Gasteiger partial charge < -0.3 is 15.5 Å². The maximum absolute atomic E-state index is 14.0. The number of amides is 1. The lowest BCUT2D eigenvalue weighted by molar-refractivity contribution is -0.137. The zero-order valence-electron chi connectivity index (χ0n) is 14.3. The molecule has 0 saturated carbocycles. The van der Waals surface area contributed by atoms with Crippen LogP contribution in [0.25, 0.3) is 5.69 Å². The number of nitrogens with one attached hydrogen (secondary N) is 1. The van der Waals surface area contributed by atoms with Crippen molar-refractivity contribution >= 4 is 11.9 Å². The van der Waals surface area contributed by atoms with E-state index in [1.807, 2.05) is 0 Å². The van der Waals surface area contributed by atoms with E-state index < -0.39 is 36.0 Å². The molecule has 3 rings (SSSR count). The maximum atomic E-state index is 14.0. The van der Waals surface area contributed by atoms with Crippen molar-refractivity contribution < 1.29 is 28.6 Å². The SMILES string of the molecule is O=C(O)C[C@H](NC(=O)c1cc(O)n(-c2ccc(F)cc2)n1)c1ccccc1F. The summed E-state index contributed by atoms with van der Waals surface area (Å²) in [5, 5.41) is 25.5. The molecule has 1 amide bonds. The topological polar surface area (TPSA) is 104 Å². The van der Waals surface area contributed by atoms with Gasteiger partial charge in [0.1, 0.15) is 11.6 Å². The van der Waals surface area contributed by atoms with Crippen LogP contribution in [-0.2, 0) is 4.79 Å². The highest BCUT2D eigenvalue weighted by atomic mass is 19.1. The van der Waals surface area contributed by atoms with Gasteiger partial charge in [0.05, 0.1) is 18.2 Å². The van der Waals surface area contributed by atoms with E-state index in [0.717, 1.165) is 28.9 Å². The molecule has 144 valence electrons. The van der Waals surface area contributed by atoms with E-state index >= 15 is 0 Å². The standard InChI is InChI=1S/C19H15F2N3O4/c20-11-5-7-12(8-6-11)24-17(25)9-16(23-24)19(28)22-15(10-18(26)27)13-3-1-2-4-14(13)21/h1-9,15,25H,10H2,(H,22,28)(H,26,27)/t15-/m0/s1. The zero-order chi connectivity index (χ0) is 20.3. The molecule has 0 unspecified atom stereocenters. The quantitative estimate of drug-likeness (QED) is 0.603. The molecular formula is C19H15F2N3O4. The molecule has 0 aliphatic rings. The second-order valence-corrected chi connectivity index (χ2v) is 5.92. The highest BCUT2D eigenvalue weighted by Crippen LogP contribution is 2.22. The van der Waals surface area contributed by atoms with Gasteiger partial charge in [-0.15, -0.1) is 0 Å². The van der Waals surface area contributed by atoms with Crippen molar-refractivity contribution in [3.05, 3.63) is 77.5 Å². The average Bonchev–Trinajstić information content (AvgIpc) is 3.04. The highest BCUT2D eigenvalue weighted by molar-refractivity contribution is 5.93. The number of aromatic hydroxyl groups is 1. The molecule has 9 heteroatoms. The molecule has 28 heavy (non-hydrogen) atoms. The molecular weight excluding hydrogens is 372 g/mol. The third kappa shape index (κ3) is 4.14. The molecule has 0 radical (unpaired) electrons.